The Hall–Kier alpha value is -1.04. The zero-order valence-corrected chi connectivity index (χ0v) is 22.2. The highest BCUT2D eigenvalue weighted by molar-refractivity contribution is 5.52. The van der Waals surface area contributed by atoms with Gasteiger partial charge in [-0.25, -0.2) is 0 Å². The van der Waals surface area contributed by atoms with E-state index in [4.69, 9.17) is 0 Å². The first-order chi connectivity index (χ1) is 13.9. The summed E-state index contributed by atoms with van der Waals surface area (Å²) in [7, 11) is 0. The summed E-state index contributed by atoms with van der Waals surface area (Å²) in [5.74, 6) is 0.647. The SMILES string of the molecule is CCCCCCCCC(C)C(C)(C1(C)C=C(C)C(C)=C1C)C1(C)C=C(C)C(C)=C1C. The van der Waals surface area contributed by atoms with E-state index < -0.39 is 0 Å². The van der Waals surface area contributed by atoms with E-state index in [0.717, 1.165) is 0 Å². The lowest BCUT2D eigenvalue weighted by Crippen LogP contribution is -2.52. The Morgan fingerprint density at radius 3 is 1.50 bits per heavy atom. The van der Waals surface area contributed by atoms with E-state index in [-0.39, 0.29) is 16.2 Å². The topological polar surface area (TPSA) is 0 Å². The average Bonchev–Trinajstić information content (AvgIpc) is 3.03. The Kier molecular flexibility index (Phi) is 7.75. The van der Waals surface area contributed by atoms with Gasteiger partial charge in [-0.2, -0.15) is 0 Å². The van der Waals surface area contributed by atoms with Crippen LogP contribution in [0.2, 0.25) is 0 Å². The van der Waals surface area contributed by atoms with E-state index in [0.29, 0.717) is 5.92 Å². The second-order valence-electron chi connectivity index (χ2n) is 11.2. The predicted molar refractivity (Wildman–Crippen MR) is 136 cm³/mol. The van der Waals surface area contributed by atoms with Crippen molar-refractivity contribution in [3.05, 3.63) is 45.6 Å². The smallest absolute Gasteiger partial charge is 0.0139 e. The quantitative estimate of drug-likeness (QED) is 0.314. The zero-order valence-electron chi connectivity index (χ0n) is 22.2. The Morgan fingerprint density at radius 2 is 1.13 bits per heavy atom. The molecular formula is C30H50. The van der Waals surface area contributed by atoms with Crippen molar-refractivity contribution in [1.29, 1.82) is 0 Å². The van der Waals surface area contributed by atoms with Crippen molar-refractivity contribution in [2.45, 2.75) is 121 Å². The van der Waals surface area contributed by atoms with Crippen molar-refractivity contribution in [1.82, 2.24) is 0 Å². The molecule has 0 N–H and O–H groups in total. The summed E-state index contributed by atoms with van der Waals surface area (Å²) in [5.41, 5.74) is 9.45. The van der Waals surface area contributed by atoms with Crippen molar-refractivity contribution >= 4 is 0 Å². The van der Waals surface area contributed by atoms with E-state index in [1.165, 1.54) is 67.2 Å². The van der Waals surface area contributed by atoms with Crippen molar-refractivity contribution in [2.75, 3.05) is 0 Å². The van der Waals surface area contributed by atoms with Crippen molar-refractivity contribution in [2.24, 2.45) is 22.2 Å². The molecule has 0 fully saturated rings. The summed E-state index contributed by atoms with van der Waals surface area (Å²) in [6.07, 6.45) is 14.8. The summed E-state index contributed by atoms with van der Waals surface area (Å²) >= 11 is 0. The van der Waals surface area contributed by atoms with Gasteiger partial charge in [-0.15, -0.1) is 0 Å². The summed E-state index contributed by atoms with van der Waals surface area (Å²) in [4.78, 5) is 0. The monoisotopic (exact) mass is 410 g/mol. The van der Waals surface area contributed by atoms with Crippen LogP contribution in [0.5, 0.6) is 0 Å². The second-order valence-corrected chi connectivity index (χ2v) is 11.2. The van der Waals surface area contributed by atoms with Crippen molar-refractivity contribution < 1.29 is 0 Å². The molecule has 2 rings (SSSR count). The molecule has 0 saturated carbocycles. The molecule has 0 spiro atoms. The number of unbranched alkanes of at least 4 members (excludes halogenated alkanes) is 5. The first-order valence-corrected chi connectivity index (χ1v) is 12.6. The fourth-order valence-electron chi connectivity index (χ4n) is 6.83. The normalized spacial score (nSPS) is 30.0. The molecule has 0 heterocycles. The van der Waals surface area contributed by atoms with Crippen LogP contribution in [0.3, 0.4) is 0 Å². The number of allylic oxidation sites excluding steroid dienone is 8. The Labute approximate surface area is 189 Å². The lowest BCUT2D eigenvalue weighted by Gasteiger charge is -2.58. The lowest BCUT2D eigenvalue weighted by atomic mass is 9.45. The van der Waals surface area contributed by atoms with E-state index >= 15 is 0 Å². The third kappa shape index (κ3) is 3.82. The van der Waals surface area contributed by atoms with E-state index in [2.05, 4.69) is 88.3 Å². The standard InChI is InChI=1S/C30H50/c1-12-13-14-15-16-17-18-23(4)30(11,28(9)19-21(2)24(5)26(28)7)29(10)20-22(3)25(6)27(29)8/h19-20,23H,12-18H2,1-11H3. The first-order valence-electron chi connectivity index (χ1n) is 12.6. The van der Waals surface area contributed by atoms with Crippen LogP contribution in [0, 0.1) is 22.2 Å². The Balaban J connectivity index is 2.46. The maximum absolute atomic E-state index is 2.62. The molecule has 0 heteroatoms. The second kappa shape index (κ2) is 9.22. The molecule has 170 valence electrons. The van der Waals surface area contributed by atoms with Crippen LogP contribution in [0.25, 0.3) is 0 Å². The van der Waals surface area contributed by atoms with Crippen LogP contribution >= 0.6 is 0 Å². The molecule has 30 heavy (non-hydrogen) atoms. The van der Waals surface area contributed by atoms with Gasteiger partial charge in [0, 0.05) is 10.8 Å². The highest BCUT2D eigenvalue weighted by Gasteiger charge is 2.60. The molecule has 0 saturated heterocycles. The molecule has 0 aliphatic heterocycles. The highest BCUT2D eigenvalue weighted by Crippen LogP contribution is 2.68. The summed E-state index contributed by atoms with van der Waals surface area (Å²) < 4.78 is 0. The number of hydrogen-bond donors (Lipinski definition) is 0. The minimum atomic E-state index is 0.0835. The lowest BCUT2D eigenvalue weighted by molar-refractivity contribution is -0.0119. The minimum Gasteiger partial charge on any atom is -0.0707 e. The largest absolute Gasteiger partial charge is 0.0707 e. The van der Waals surface area contributed by atoms with E-state index in [1.54, 1.807) is 11.1 Å². The molecule has 0 bridgehead atoms. The molecule has 2 aliphatic rings. The minimum absolute atomic E-state index is 0.0835. The Bertz CT molecular complexity index is 716. The van der Waals surface area contributed by atoms with Gasteiger partial charge in [0.1, 0.15) is 0 Å². The van der Waals surface area contributed by atoms with Gasteiger partial charge >= 0.3 is 0 Å². The third-order valence-corrected chi connectivity index (χ3v) is 10.0. The van der Waals surface area contributed by atoms with Gasteiger partial charge < -0.3 is 0 Å². The average molecular weight is 411 g/mol. The Morgan fingerprint density at radius 1 is 0.733 bits per heavy atom. The van der Waals surface area contributed by atoms with Gasteiger partial charge in [0.15, 0.2) is 0 Å². The van der Waals surface area contributed by atoms with Gasteiger partial charge in [0.25, 0.3) is 0 Å². The van der Waals surface area contributed by atoms with Gasteiger partial charge in [-0.3, -0.25) is 0 Å². The molecule has 3 unspecified atom stereocenters. The van der Waals surface area contributed by atoms with Crippen molar-refractivity contribution in [3.8, 4) is 0 Å². The third-order valence-electron chi connectivity index (χ3n) is 10.0. The highest BCUT2D eigenvalue weighted by atomic mass is 14.6. The van der Waals surface area contributed by atoms with Crippen LogP contribution in [0.4, 0.5) is 0 Å². The predicted octanol–water partition coefficient (Wildman–Crippen LogP) is 9.98. The van der Waals surface area contributed by atoms with E-state index in [1.807, 2.05) is 0 Å². The fourth-order valence-corrected chi connectivity index (χ4v) is 6.83. The molecule has 0 aromatic heterocycles. The maximum atomic E-state index is 2.62. The molecule has 0 aromatic rings. The van der Waals surface area contributed by atoms with Crippen molar-refractivity contribution in [3.63, 3.8) is 0 Å². The van der Waals surface area contributed by atoms with Gasteiger partial charge in [0.2, 0.25) is 0 Å². The van der Waals surface area contributed by atoms with Crippen LogP contribution < -0.4 is 0 Å². The van der Waals surface area contributed by atoms with Crippen LogP contribution in [-0.2, 0) is 0 Å². The van der Waals surface area contributed by atoms with Gasteiger partial charge in [-0.05, 0) is 64.0 Å². The summed E-state index contributed by atoms with van der Waals surface area (Å²) in [5, 5.41) is 0. The van der Waals surface area contributed by atoms with Crippen LogP contribution in [0.1, 0.15) is 121 Å². The van der Waals surface area contributed by atoms with Crippen LogP contribution in [-0.4, -0.2) is 0 Å². The summed E-state index contributed by atoms with van der Waals surface area (Å²) in [6, 6.07) is 0. The number of rotatable bonds is 10. The van der Waals surface area contributed by atoms with Gasteiger partial charge in [0.05, 0.1) is 0 Å². The molecule has 0 nitrogen and oxygen atoms in total. The van der Waals surface area contributed by atoms with Gasteiger partial charge in [-0.1, -0.05) is 114 Å². The molecular weight excluding hydrogens is 360 g/mol. The molecule has 3 atom stereocenters. The maximum Gasteiger partial charge on any atom is 0.0139 e. The molecule has 2 aliphatic carbocycles. The van der Waals surface area contributed by atoms with Crippen LogP contribution in [0.15, 0.2) is 45.6 Å². The molecule has 0 radical (unpaired) electrons. The molecule has 0 amide bonds. The zero-order chi connectivity index (χ0) is 22.9. The fraction of sp³-hybridized carbons (Fsp3) is 0.733. The first kappa shape index (κ1) is 25.2. The van der Waals surface area contributed by atoms with E-state index in [9.17, 15) is 0 Å². The number of hydrogen-bond acceptors (Lipinski definition) is 0. The molecule has 0 aromatic carbocycles. The summed E-state index contributed by atoms with van der Waals surface area (Å²) in [6.45, 7) is 26.6.